The number of aliphatic hydroxyl groups is 1. The molecule has 1 fully saturated rings. The van der Waals surface area contributed by atoms with Gasteiger partial charge in [-0.25, -0.2) is 0 Å². The quantitative estimate of drug-likeness (QED) is 0.847. The van der Waals surface area contributed by atoms with E-state index in [0.717, 1.165) is 43.4 Å². The van der Waals surface area contributed by atoms with Crippen LogP contribution in [0.5, 0.6) is 5.75 Å². The van der Waals surface area contributed by atoms with Gasteiger partial charge in [-0.1, -0.05) is 31.9 Å². The smallest absolute Gasteiger partial charge is 0.227 e. The molecule has 1 aliphatic carbocycles. The molecule has 1 aliphatic rings. The van der Waals surface area contributed by atoms with Crippen LogP contribution in [0.3, 0.4) is 0 Å². The van der Waals surface area contributed by atoms with Gasteiger partial charge < -0.3 is 15.2 Å². The largest absolute Gasteiger partial charge is 0.497 e. The average Bonchev–Trinajstić information content (AvgIpc) is 2.94. The molecule has 2 rings (SSSR count). The van der Waals surface area contributed by atoms with Crippen molar-refractivity contribution in [2.45, 2.75) is 50.5 Å². The number of amides is 1. The van der Waals surface area contributed by atoms with E-state index >= 15 is 0 Å². The minimum atomic E-state index is -0.701. The Labute approximate surface area is 126 Å². The van der Waals surface area contributed by atoms with Crippen LogP contribution in [0.15, 0.2) is 24.3 Å². The zero-order chi connectivity index (χ0) is 15.3. The topological polar surface area (TPSA) is 58.6 Å². The lowest BCUT2D eigenvalue weighted by molar-refractivity contribution is -0.123. The second-order valence-electron chi connectivity index (χ2n) is 5.88. The number of rotatable bonds is 6. The summed E-state index contributed by atoms with van der Waals surface area (Å²) in [6.45, 7) is 2.36. The summed E-state index contributed by atoms with van der Waals surface area (Å²) in [4.78, 5) is 12.4. The molecule has 116 valence electrons. The molecule has 0 spiro atoms. The van der Waals surface area contributed by atoms with Crippen molar-refractivity contribution in [3.05, 3.63) is 29.8 Å². The highest BCUT2D eigenvalue weighted by atomic mass is 16.5. The van der Waals surface area contributed by atoms with Gasteiger partial charge in [0.25, 0.3) is 0 Å². The molecular formula is C17H25NO3. The van der Waals surface area contributed by atoms with Crippen LogP contribution in [0.4, 0.5) is 0 Å². The van der Waals surface area contributed by atoms with Crippen LogP contribution in [-0.4, -0.2) is 30.3 Å². The Kier molecular flexibility index (Phi) is 5.23. The van der Waals surface area contributed by atoms with E-state index in [-0.39, 0.29) is 11.8 Å². The zero-order valence-corrected chi connectivity index (χ0v) is 12.9. The summed E-state index contributed by atoms with van der Waals surface area (Å²) in [5.41, 5.74) is 0.280. The predicted octanol–water partition coefficient (Wildman–Crippen LogP) is 2.61. The van der Waals surface area contributed by atoms with Crippen molar-refractivity contribution in [3.8, 4) is 5.75 Å². The lowest BCUT2D eigenvalue weighted by Crippen LogP contribution is -2.42. The van der Waals surface area contributed by atoms with E-state index in [1.165, 1.54) is 0 Å². The number of carbonyl (C=O) groups excluding carboxylic acids is 1. The van der Waals surface area contributed by atoms with Crippen LogP contribution < -0.4 is 10.1 Å². The lowest BCUT2D eigenvalue weighted by atomic mass is 9.94. The maximum atomic E-state index is 12.4. The normalized spacial score (nSPS) is 18.2. The first-order valence-corrected chi connectivity index (χ1v) is 7.72. The maximum absolute atomic E-state index is 12.4. The fraction of sp³-hybridized carbons (Fsp3) is 0.588. The molecule has 0 aromatic heterocycles. The predicted molar refractivity (Wildman–Crippen MR) is 82.5 cm³/mol. The molecule has 1 amide bonds. The Morgan fingerprint density at radius 1 is 1.33 bits per heavy atom. The van der Waals surface area contributed by atoms with Crippen LogP contribution in [0.25, 0.3) is 0 Å². The SMILES string of the molecule is CCC(C(=O)NCC1(O)CCCC1)c1ccc(OC)cc1. The molecule has 1 aromatic rings. The molecule has 4 heteroatoms. The average molecular weight is 291 g/mol. The van der Waals surface area contributed by atoms with Crippen LogP contribution >= 0.6 is 0 Å². The first-order chi connectivity index (χ1) is 10.1. The number of hydrogen-bond donors (Lipinski definition) is 2. The van der Waals surface area contributed by atoms with Crippen molar-refractivity contribution in [2.24, 2.45) is 0 Å². The Hall–Kier alpha value is -1.55. The third-order valence-electron chi connectivity index (χ3n) is 4.37. The van der Waals surface area contributed by atoms with Crippen molar-refractivity contribution < 1.29 is 14.6 Å². The van der Waals surface area contributed by atoms with Crippen molar-refractivity contribution >= 4 is 5.91 Å². The minimum Gasteiger partial charge on any atom is -0.497 e. The molecule has 0 radical (unpaired) electrons. The third-order valence-corrected chi connectivity index (χ3v) is 4.37. The Bertz CT molecular complexity index is 463. The van der Waals surface area contributed by atoms with Crippen molar-refractivity contribution in [2.75, 3.05) is 13.7 Å². The summed E-state index contributed by atoms with van der Waals surface area (Å²) in [7, 11) is 1.63. The summed E-state index contributed by atoms with van der Waals surface area (Å²) in [6.07, 6.45) is 4.39. The van der Waals surface area contributed by atoms with Gasteiger partial charge in [0.15, 0.2) is 0 Å². The fourth-order valence-corrected chi connectivity index (χ4v) is 2.99. The van der Waals surface area contributed by atoms with Crippen LogP contribution in [0.1, 0.15) is 50.5 Å². The second-order valence-corrected chi connectivity index (χ2v) is 5.88. The van der Waals surface area contributed by atoms with Gasteiger partial charge in [-0.2, -0.15) is 0 Å². The van der Waals surface area contributed by atoms with E-state index in [9.17, 15) is 9.90 Å². The molecule has 21 heavy (non-hydrogen) atoms. The number of carbonyl (C=O) groups is 1. The van der Waals surface area contributed by atoms with E-state index in [1.54, 1.807) is 7.11 Å². The zero-order valence-electron chi connectivity index (χ0n) is 12.9. The van der Waals surface area contributed by atoms with Gasteiger partial charge >= 0.3 is 0 Å². The Morgan fingerprint density at radius 2 is 1.95 bits per heavy atom. The van der Waals surface area contributed by atoms with E-state index in [2.05, 4.69) is 5.32 Å². The molecule has 0 aliphatic heterocycles. The molecule has 1 saturated carbocycles. The maximum Gasteiger partial charge on any atom is 0.227 e. The van der Waals surface area contributed by atoms with Gasteiger partial charge in [0.2, 0.25) is 5.91 Å². The highest BCUT2D eigenvalue weighted by Gasteiger charge is 2.32. The Morgan fingerprint density at radius 3 is 2.48 bits per heavy atom. The molecule has 1 aromatic carbocycles. The summed E-state index contributed by atoms with van der Waals surface area (Å²) in [5, 5.41) is 13.2. The lowest BCUT2D eigenvalue weighted by Gasteiger charge is -2.24. The van der Waals surface area contributed by atoms with E-state index in [0.29, 0.717) is 6.54 Å². The molecule has 1 atom stereocenters. The van der Waals surface area contributed by atoms with Crippen molar-refractivity contribution in [1.29, 1.82) is 0 Å². The highest BCUT2D eigenvalue weighted by Crippen LogP contribution is 2.29. The van der Waals surface area contributed by atoms with Gasteiger partial charge in [0, 0.05) is 6.54 Å². The number of nitrogens with one attached hydrogen (secondary N) is 1. The van der Waals surface area contributed by atoms with Gasteiger partial charge in [0.1, 0.15) is 5.75 Å². The number of benzene rings is 1. The minimum absolute atomic E-state index is 0.0111. The molecule has 0 heterocycles. The van der Waals surface area contributed by atoms with Crippen LogP contribution in [0.2, 0.25) is 0 Å². The summed E-state index contributed by atoms with van der Waals surface area (Å²) >= 11 is 0. The molecule has 0 saturated heterocycles. The van der Waals surface area contributed by atoms with Crippen molar-refractivity contribution in [1.82, 2.24) is 5.32 Å². The molecular weight excluding hydrogens is 266 g/mol. The summed E-state index contributed by atoms with van der Waals surface area (Å²) in [6, 6.07) is 7.60. The fourth-order valence-electron chi connectivity index (χ4n) is 2.99. The molecule has 0 bridgehead atoms. The first kappa shape index (κ1) is 15.8. The van der Waals surface area contributed by atoms with Gasteiger partial charge in [0.05, 0.1) is 18.6 Å². The second kappa shape index (κ2) is 6.94. The van der Waals surface area contributed by atoms with Crippen molar-refractivity contribution in [3.63, 3.8) is 0 Å². The van der Waals surface area contributed by atoms with Gasteiger partial charge in [-0.3, -0.25) is 4.79 Å². The highest BCUT2D eigenvalue weighted by molar-refractivity contribution is 5.83. The standard InChI is InChI=1S/C17H25NO3/c1-3-15(13-6-8-14(21-2)9-7-13)16(19)18-12-17(20)10-4-5-11-17/h6-9,15,20H,3-5,10-12H2,1-2H3,(H,18,19). The monoisotopic (exact) mass is 291 g/mol. The number of ether oxygens (including phenoxy) is 1. The molecule has 4 nitrogen and oxygen atoms in total. The third kappa shape index (κ3) is 3.97. The number of methoxy groups -OCH3 is 1. The van der Waals surface area contributed by atoms with Gasteiger partial charge in [-0.05, 0) is 37.0 Å². The van der Waals surface area contributed by atoms with E-state index in [4.69, 9.17) is 4.74 Å². The first-order valence-electron chi connectivity index (χ1n) is 7.72. The van der Waals surface area contributed by atoms with Crippen LogP contribution in [-0.2, 0) is 4.79 Å². The van der Waals surface area contributed by atoms with Crippen LogP contribution in [0, 0.1) is 0 Å². The van der Waals surface area contributed by atoms with E-state index in [1.807, 2.05) is 31.2 Å². The van der Waals surface area contributed by atoms with E-state index < -0.39 is 5.60 Å². The summed E-state index contributed by atoms with van der Waals surface area (Å²) < 4.78 is 5.14. The Balaban J connectivity index is 1.97. The summed E-state index contributed by atoms with van der Waals surface area (Å²) in [5.74, 6) is 0.596. The molecule has 2 N–H and O–H groups in total. The number of hydrogen-bond acceptors (Lipinski definition) is 3. The van der Waals surface area contributed by atoms with Gasteiger partial charge in [-0.15, -0.1) is 0 Å². The molecule has 1 unspecified atom stereocenters.